The Balaban J connectivity index is 0.00000243. The van der Waals surface area contributed by atoms with Gasteiger partial charge in [-0.25, -0.2) is 0 Å². The lowest BCUT2D eigenvalue weighted by molar-refractivity contribution is -0.139. The second-order valence-corrected chi connectivity index (χ2v) is 6.99. The average molecular weight is 380 g/mol. The van der Waals surface area contributed by atoms with Crippen LogP contribution in [-0.2, 0) is 16.1 Å². The topological polar surface area (TPSA) is 83.7 Å². The summed E-state index contributed by atoms with van der Waals surface area (Å²) in [4.78, 5) is 39.4. The largest absolute Gasteiger partial charge is 0.334 e. The quantitative estimate of drug-likeness (QED) is 0.812. The molecule has 2 aliphatic heterocycles. The number of nitrogens with two attached hydrogens (primary N) is 1. The zero-order valence-corrected chi connectivity index (χ0v) is 15.8. The van der Waals surface area contributed by atoms with Gasteiger partial charge in [-0.15, -0.1) is 12.4 Å². The first-order valence-electron chi connectivity index (χ1n) is 8.96. The fraction of sp³-hybridized carbons (Fsp3) is 0.526. The van der Waals surface area contributed by atoms with Gasteiger partial charge in [0.2, 0.25) is 11.8 Å². The molecule has 2 atom stereocenters. The van der Waals surface area contributed by atoms with Crippen molar-refractivity contribution in [3.8, 4) is 0 Å². The van der Waals surface area contributed by atoms with Crippen LogP contribution in [0.1, 0.15) is 54.9 Å². The average Bonchev–Trinajstić information content (AvgIpc) is 2.93. The third-order valence-corrected chi connectivity index (χ3v) is 5.11. The first-order valence-corrected chi connectivity index (χ1v) is 8.96. The summed E-state index contributed by atoms with van der Waals surface area (Å²) in [5.41, 5.74) is 7.52. The Morgan fingerprint density at radius 1 is 1.15 bits per heavy atom. The molecular formula is C19H26ClN3O3. The minimum atomic E-state index is -0.127. The van der Waals surface area contributed by atoms with Crippen LogP contribution in [0.4, 0.5) is 0 Å². The summed E-state index contributed by atoms with van der Waals surface area (Å²) in [6.07, 6.45) is 3.64. The van der Waals surface area contributed by atoms with Crippen LogP contribution >= 0.6 is 12.4 Å². The van der Waals surface area contributed by atoms with E-state index >= 15 is 0 Å². The van der Waals surface area contributed by atoms with Gasteiger partial charge in [0, 0.05) is 37.0 Å². The summed E-state index contributed by atoms with van der Waals surface area (Å²) < 4.78 is 0. The maximum Gasteiger partial charge on any atom is 0.254 e. The lowest BCUT2D eigenvalue weighted by Gasteiger charge is -2.38. The molecule has 0 aromatic heterocycles. The Hall–Kier alpha value is -1.92. The van der Waals surface area contributed by atoms with Crippen LogP contribution in [-0.4, -0.2) is 46.1 Å². The van der Waals surface area contributed by atoms with E-state index in [4.69, 9.17) is 5.73 Å². The molecule has 0 aliphatic carbocycles. The van der Waals surface area contributed by atoms with Crippen molar-refractivity contribution in [3.05, 3.63) is 35.4 Å². The number of benzene rings is 1. The highest BCUT2D eigenvalue weighted by Gasteiger charge is 2.30. The van der Waals surface area contributed by atoms with Crippen LogP contribution in [0.3, 0.4) is 0 Å². The van der Waals surface area contributed by atoms with Gasteiger partial charge in [-0.3, -0.25) is 19.3 Å². The molecule has 1 aromatic rings. The van der Waals surface area contributed by atoms with E-state index in [1.54, 1.807) is 12.1 Å². The molecule has 1 aromatic carbocycles. The Morgan fingerprint density at radius 2 is 1.77 bits per heavy atom. The first kappa shape index (κ1) is 20.4. The van der Waals surface area contributed by atoms with Crippen LogP contribution in [0.2, 0.25) is 0 Å². The molecule has 0 bridgehead atoms. The van der Waals surface area contributed by atoms with E-state index < -0.39 is 0 Å². The lowest BCUT2D eigenvalue weighted by atomic mass is 9.96. The smallest absolute Gasteiger partial charge is 0.254 e. The van der Waals surface area contributed by atoms with Crippen LogP contribution in [0.5, 0.6) is 0 Å². The van der Waals surface area contributed by atoms with Crippen molar-refractivity contribution in [2.24, 2.45) is 5.73 Å². The molecule has 2 N–H and O–H groups in total. The molecule has 2 saturated heterocycles. The van der Waals surface area contributed by atoms with Crippen LogP contribution < -0.4 is 5.73 Å². The van der Waals surface area contributed by atoms with E-state index in [-0.39, 0.29) is 48.8 Å². The van der Waals surface area contributed by atoms with E-state index in [1.807, 2.05) is 24.0 Å². The predicted octanol–water partition coefficient (Wildman–Crippen LogP) is 2.10. The molecule has 0 saturated carbocycles. The second kappa shape index (κ2) is 8.64. The third-order valence-electron chi connectivity index (χ3n) is 5.11. The second-order valence-electron chi connectivity index (χ2n) is 6.99. The van der Waals surface area contributed by atoms with E-state index in [9.17, 15) is 14.4 Å². The molecule has 3 rings (SSSR count). The highest BCUT2D eigenvalue weighted by molar-refractivity contribution is 6.01. The number of imide groups is 1. The Bertz CT molecular complexity index is 659. The number of piperidine rings is 1. The molecule has 0 spiro atoms. The number of hydrogen-bond donors (Lipinski definition) is 1. The van der Waals surface area contributed by atoms with Crippen molar-refractivity contribution in [1.29, 1.82) is 0 Å². The molecule has 2 heterocycles. The van der Waals surface area contributed by atoms with E-state index in [2.05, 4.69) is 0 Å². The normalized spacial score (nSPS) is 21.5. The van der Waals surface area contributed by atoms with Gasteiger partial charge in [-0.1, -0.05) is 12.1 Å². The standard InChI is InChI=1S/C19H25N3O3.ClH/c1-13(20)16-4-2-3-11-21(16)19(25)15-7-5-14(6-8-15)12-22-17(23)9-10-18(22)24;/h5-8,13,16H,2-4,9-12,20H2,1H3;1H. The number of rotatable bonds is 4. The van der Waals surface area contributed by atoms with Crippen molar-refractivity contribution in [2.75, 3.05) is 6.54 Å². The molecule has 2 unspecified atom stereocenters. The molecule has 7 heteroatoms. The zero-order chi connectivity index (χ0) is 18.0. The van der Waals surface area contributed by atoms with Gasteiger partial charge in [0.15, 0.2) is 0 Å². The van der Waals surface area contributed by atoms with E-state index in [0.717, 1.165) is 31.4 Å². The number of hydrogen-bond acceptors (Lipinski definition) is 4. The minimum absolute atomic E-state index is 0. The summed E-state index contributed by atoms with van der Waals surface area (Å²) in [6, 6.07) is 7.22. The molecule has 26 heavy (non-hydrogen) atoms. The zero-order valence-electron chi connectivity index (χ0n) is 15.0. The third kappa shape index (κ3) is 4.24. The van der Waals surface area contributed by atoms with Crippen molar-refractivity contribution in [2.45, 2.75) is 57.7 Å². The number of carbonyl (C=O) groups excluding carboxylic acids is 3. The molecule has 0 radical (unpaired) electrons. The van der Waals surface area contributed by atoms with Crippen molar-refractivity contribution < 1.29 is 14.4 Å². The number of halogens is 1. The Kier molecular flexibility index (Phi) is 6.78. The maximum atomic E-state index is 12.8. The van der Waals surface area contributed by atoms with E-state index in [1.165, 1.54) is 4.90 Å². The molecule has 2 fully saturated rings. The molecule has 2 aliphatic rings. The molecule has 142 valence electrons. The van der Waals surface area contributed by atoms with Gasteiger partial charge in [0.1, 0.15) is 0 Å². The SMILES string of the molecule is CC(N)C1CCCCN1C(=O)c1ccc(CN2C(=O)CCC2=O)cc1.Cl. The lowest BCUT2D eigenvalue weighted by Crippen LogP contribution is -2.51. The summed E-state index contributed by atoms with van der Waals surface area (Å²) in [5.74, 6) is -0.252. The van der Waals surface area contributed by atoms with Crippen LogP contribution in [0.25, 0.3) is 0 Å². The predicted molar refractivity (Wildman–Crippen MR) is 101 cm³/mol. The summed E-state index contributed by atoms with van der Waals surface area (Å²) in [6.45, 7) is 2.96. The van der Waals surface area contributed by atoms with Gasteiger partial charge in [-0.2, -0.15) is 0 Å². The fourth-order valence-corrected chi connectivity index (χ4v) is 3.66. The number of amides is 3. The molecule has 3 amide bonds. The molecular weight excluding hydrogens is 354 g/mol. The molecule has 6 nitrogen and oxygen atoms in total. The highest BCUT2D eigenvalue weighted by atomic mass is 35.5. The maximum absolute atomic E-state index is 12.8. The van der Waals surface area contributed by atoms with Gasteiger partial charge < -0.3 is 10.6 Å². The number of nitrogens with zero attached hydrogens (tertiary/aromatic N) is 2. The van der Waals surface area contributed by atoms with E-state index in [0.29, 0.717) is 18.4 Å². The van der Waals surface area contributed by atoms with Gasteiger partial charge in [0.05, 0.1) is 6.54 Å². The van der Waals surface area contributed by atoms with Gasteiger partial charge in [-0.05, 0) is 43.9 Å². The fourth-order valence-electron chi connectivity index (χ4n) is 3.66. The highest BCUT2D eigenvalue weighted by Crippen LogP contribution is 2.22. The monoisotopic (exact) mass is 379 g/mol. The van der Waals surface area contributed by atoms with Crippen molar-refractivity contribution in [3.63, 3.8) is 0 Å². The number of carbonyl (C=O) groups is 3. The summed E-state index contributed by atoms with van der Waals surface area (Å²) >= 11 is 0. The Morgan fingerprint density at radius 3 is 2.35 bits per heavy atom. The van der Waals surface area contributed by atoms with Crippen molar-refractivity contribution in [1.82, 2.24) is 9.80 Å². The first-order chi connectivity index (χ1) is 12.0. The summed E-state index contributed by atoms with van der Waals surface area (Å²) in [5, 5.41) is 0. The van der Waals surface area contributed by atoms with Crippen LogP contribution in [0, 0.1) is 0 Å². The van der Waals surface area contributed by atoms with Gasteiger partial charge in [0.25, 0.3) is 5.91 Å². The van der Waals surface area contributed by atoms with Crippen LogP contribution in [0.15, 0.2) is 24.3 Å². The number of likely N-dealkylation sites (tertiary alicyclic amines) is 2. The minimum Gasteiger partial charge on any atom is -0.334 e. The summed E-state index contributed by atoms with van der Waals surface area (Å²) in [7, 11) is 0. The van der Waals surface area contributed by atoms with Crippen molar-refractivity contribution >= 4 is 30.1 Å². The van der Waals surface area contributed by atoms with Gasteiger partial charge >= 0.3 is 0 Å². The Labute approximate surface area is 160 Å².